The number of carbonyl (C=O) groups excluding carboxylic acids is 1. The van der Waals surface area contributed by atoms with E-state index in [9.17, 15) is 13.2 Å². The standard InChI is InChI=1S/C25H26ClN5O3S2.H2/c1-17-16-29(21-5-7-22(8-6-21)36(33,34)28-25-27-10-14-35-25)12-13-30(17)24(32)18(2)31-11-9-19-3-4-20(26)15-23(19)31;/h3-11,14-15,17-18H,12-13,16H2,1-2H3,(H,27,28);1H/t17?,18-;/m0./s1. The molecule has 1 unspecified atom stereocenters. The number of hydrogen-bond acceptors (Lipinski definition) is 6. The number of nitrogens with one attached hydrogen (secondary N) is 1. The van der Waals surface area contributed by atoms with E-state index in [0.29, 0.717) is 29.8 Å². The topological polar surface area (TPSA) is 87.5 Å². The van der Waals surface area contributed by atoms with E-state index in [1.54, 1.807) is 35.8 Å². The largest absolute Gasteiger partial charge is 0.368 e. The van der Waals surface area contributed by atoms with Crippen molar-refractivity contribution >= 4 is 60.6 Å². The maximum atomic E-state index is 13.4. The zero-order valence-corrected chi connectivity index (χ0v) is 22.2. The highest BCUT2D eigenvalue weighted by molar-refractivity contribution is 7.93. The van der Waals surface area contributed by atoms with Gasteiger partial charge in [0.1, 0.15) is 6.04 Å². The quantitative estimate of drug-likeness (QED) is 0.364. The maximum Gasteiger partial charge on any atom is 0.263 e. The van der Waals surface area contributed by atoms with Crippen LogP contribution in [0.25, 0.3) is 10.9 Å². The lowest BCUT2D eigenvalue weighted by atomic mass is 10.1. The monoisotopic (exact) mass is 545 g/mol. The van der Waals surface area contributed by atoms with Gasteiger partial charge in [-0.1, -0.05) is 17.7 Å². The first-order chi connectivity index (χ1) is 17.2. The summed E-state index contributed by atoms with van der Waals surface area (Å²) in [6.07, 6.45) is 3.48. The van der Waals surface area contributed by atoms with Crippen LogP contribution < -0.4 is 9.62 Å². The third-order valence-electron chi connectivity index (χ3n) is 6.54. The van der Waals surface area contributed by atoms with Gasteiger partial charge in [0.05, 0.1) is 10.4 Å². The molecule has 0 saturated carbocycles. The van der Waals surface area contributed by atoms with Gasteiger partial charge in [0.2, 0.25) is 5.91 Å². The minimum absolute atomic E-state index is 0. The Morgan fingerprint density at radius 1 is 1.19 bits per heavy atom. The second kappa shape index (κ2) is 9.76. The van der Waals surface area contributed by atoms with E-state index in [2.05, 4.69) is 14.6 Å². The van der Waals surface area contributed by atoms with Crippen LogP contribution in [0.3, 0.4) is 0 Å². The van der Waals surface area contributed by atoms with Crippen molar-refractivity contribution in [3.63, 3.8) is 0 Å². The molecular weight excluding hydrogens is 518 g/mol. The molecule has 1 N–H and O–H groups in total. The number of thiazole rings is 1. The molecule has 2 atom stereocenters. The van der Waals surface area contributed by atoms with Gasteiger partial charge in [-0.15, -0.1) is 11.3 Å². The second-order valence-corrected chi connectivity index (χ2v) is 11.9. The average Bonchev–Trinajstić information content (AvgIpc) is 3.52. The Labute approximate surface area is 220 Å². The summed E-state index contributed by atoms with van der Waals surface area (Å²) in [4.78, 5) is 21.7. The molecule has 0 aliphatic carbocycles. The molecule has 1 aliphatic rings. The number of halogens is 1. The number of carbonyl (C=O) groups is 1. The third-order valence-corrected chi connectivity index (χ3v) is 8.94. The molecule has 2 aromatic heterocycles. The van der Waals surface area contributed by atoms with Gasteiger partial charge < -0.3 is 14.4 Å². The summed E-state index contributed by atoms with van der Waals surface area (Å²) < 4.78 is 29.7. The molecule has 1 aliphatic heterocycles. The van der Waals surface area contributed by atoms with E-state index in [1.807, 2.05) is 53.8 Å². The fourth-order valence-electron chi connectivity index (χ4n) is 4.62. The molecule has 190 valence electrons. The highest BCUT2D eigenvalue weighted by Crippen LogP contribution is 2.27. The average molecular weight is 546 g/mol. The normalized spacial score (nSPS) is 17.4. The van der Waals surface area contributed by atoms with Crippen molar-refractivity contribution in [1.29, 1.82) is 0 Å². The molecular formula is C25H28ClN5O3S2. The van der Waals surface area contributed by atoms with E-state index >= 15 is 0 Å². The minimum atomic E-state index is -3.70. The molecule has 2 aromatic carbocycles. The zero-order chi connectivity index (χ0) is 25.4. The van der Waals surface area contributed by atoms with Crippen molar-refractivity contribution < 1.29 is 14.6 Å². The first kappa shape index (κ1) is 24.6. The number of nitrogens with zero attached hydrogens (tertiary/aromatic N) is 4. The minimum Gasteiger partial charge on any atom is -0.368 e. The van der Waals surface area contributed by atoms with Gasteiger partial charge in [-0.05, 0) is 61.7 Å². The fourth-order valence-corrected chi connectivity index (χ4v) is 6.58. The smallest absolute Gasteiger partial charge is 0.263 e. The van der Waals surface area contributed by atoms with Crippen LogP contribution in [0.15, 0.2) is 71.2 Å². The van der Waals surface area contributed by atoms with Crippen LogP contribution in [0.4, 0.5) is 10.8 Å². The van der Waals surface area contributed by atoms with Gasteiger partial charge in [0.15, 0.2) is 5.13 Å². The molecule has 0 spiro atoms. The summed E-state index contributed by atoms with van der Waals surface area (Å²) in [6, 6.07) is 14.1. The Morgan fingerprint density at radius 3 is 2.67 bits per heavy atom. The lowest BCUT2D eigenvalue weighted by Crippen LogP contribution is -2.55. The molecule has 36 heavy (non-hydrogen) atoms. The van der Waals surface area contributed by atoms with Crippen LogP contribution >= 0.6 is 22.9 Å². The zero-order valence-electron chi connectivity index (χ0n) is 19.8. The predicted molar refractivity (Wildman–Crippen MR) is 147 cm³/mol. The first-order valence-electron chi connectivity index (χ1n) is 11.6. The van der Waals surface area contributed by atoms with E-state index in [4.69, 9.17) is 11.6 Å². The second-order valence-electron chi connectivity index (χ2n) is 8.87. The van der Waals surface area contributed by atoms with Crippen molar-refractivity contribution in [3.05, 3.63) is 71.3 Å². The number of amides is 1. The number of hydrogen-bond donors (Lipinski definition) is 1. The molecule has 4 aromatic rings. The molecule has 11 heteroatoms. The molecule has 1 saturated heterocycles. The number of aromatic nitrogens is 2. The van der Waals surface area contributed by atoms with Crippen LogP contribution in [0, 0.1) is 0 Å². The van der Waals surface area contributed by atoms with Crippen molar-refractivity contribution in [1.82, 2.24) is 14.5 Å². The van der Waals surface area contributed by atoms with E-state index in [0.717, 1.165) is 16.6 Å². The molecule has 3 heterocycles. The molecule has 1 amide bonds. The van der Waals surface area contributed by atoms with Gasteiger partial charge in [-0.25, -0.2) is 13.4 Å². The van der Waals surface area contributed by atoms with Crippen molar-refractivity contribution in [3.8, 4) is 0 Å². The van der Waals surface area contributed by atoms with Gasteiger partial charge in [0.25, 0.3) is 10.0 Å². The fraction of sp³-hybridized carbons (Fsp3) is 0.280. The van der Waals surface area contributed by atoms with E-state index < -0.39 is 10.0 Å². The Balaban J connectivity index is 0.00000320. The number of rotatable bonds is 6. The Kier molecular flexibility index (Phi) is 6.67. The number of anilines is 2. The Bertz CT molecular complexity index is 1490. The van der Waals surface area contributed by atoms with Crippen LogP contribution in [0.5, 0.6) is 0 Å². The predicted octanol–water partition coefficient (Wildman–Crippen LogP) is 5.10. The summed E-state index contributed by atoms with van der Waals surface area (Å²) in [5.41, 5.74) is 1.86. The van der Waals surface area contributed by atoms with Crippen LogP contribution in [-0.4, -0.2) is 54.5 Å². The van der Waals surface area contributed by atoms with Crippen LogP contribution in [-0.2, 0) is 14.8 Å². The highest BCUT2D eigenvalue weighted by atomic mass is 35.5. The SMILES string of the molecule is CC1CN(c2ccc(S(=O)(=O)Nc3nccs3)cc2)CCN1C(=O)[C@H](C)n1ccc2ccc(Cl)cc21.[HH]. The molecule has 0 radical (unpaired) electrons. The number of sulfonamides is 1. The van der Waals surface area contributed by atoms with Crippen LogP contribution in [0.2, 0.25) is 5.02 Å². The number of benzene rings is 2. The van der Waals surface area contributed by atoms with Gasteiger partial charge in [-0.2, -0.15) is 0 Å². The summed E-state index contributed by atoms with van der Waals surface area (Å²) in [6.45, 7) is 5.85. The third kappa shape index (κ3) is 4.80. The molecule has 0 bridgehead atoms. The van der Waals surface area contributed by atoms with E-state index in [-0.39, 0.29) is 24.3 Å². The van der Waals surface area contributed by atoms with Crippen molar-refractivity contribution in [2.75, 3.05) is 29.3 Å². The lowest BCUT2D eigenvalue weighted by molar-refractivity contribution is -0.136. The van der Waals surface area contributed by atoms with Crippen LogP contribution in [0.1, 0.15) is 21.3 Å². The van der Waals surface area contributed by atoms with Crippen molar-refractivity contribution in [2.24, 2.45) is 0 Å². The van der Waals surface area contributed by atoms with Gasteiger partial charge in [-0.3, -0.25) is 9.52 Å². The number of fused-ring (bicyclic) bond motifs is 1. The molecule has 8 nitrogen and oxygen atoms in total. The summed E-state index contributed by atoms with van der Waals surface area (Å²) >= 11 is 7.42. The maximum absolute atomic E-state index is 13.4. The van der Waals surface area contributed by atoms with Gasteiger partial charge >= 0.3 is 0 Å². The summed E-state index contributed by atoms with van der Waals surface area (Å²) in [7, 11) is -3.70. The highest BCUT2D eigenvalue weighted by Gasteiger charge is 2.31. The molecule has 5 rings (SSSR count). The Morgan fingerprint density at radius 2 is 1.97 bits per heavy atom. The van der Waals surface area contributed by atoms with Crippen molar-refractivity contribution in [2.45, 2.75) is 30.8 Å². The van der Waals surface area contributed by atoms with Gasteiger partial charge in [0, 0.05) is 55.6 Å². The lowest BCUT2D eigenvalue weighted by Gasteiger charge is -2.42. The Hall–Kier alpha value is -3.08. The first-order valence-corrected chi connectivity index (χ1v) is 14.3. The van der Waals surface area contributed by atoms with E-state index in [1.165, 1.54) is 11.3 Å². The summed E-state index contributed by atoms with van der Waals surface area (Å²) in [5.74, 6) is 0.0642. The molecule has 1 fully saturated rings. The summed E-state index contributed by atoms with van der Waals surface area (Å²) in [5, 5.41) is 3.73. The number of piperazine rings is 1.